The number of thiophene rings is 1. The summed E-state index contributed by atoms with van der Waals surface area (Å²) in [6, 6.07) is 12.8. The van der Waals surface area contributed by atoms with E-state index in [1.807, 2.05) is 0 Å². The second-order valence-electron chi connectivity index (χ2n) is 8.26. The summed E-state index contributed by atoms with van der Waals surface area (Å²) >= 11 is 1.29. The number of rotatable bonds is 8. The number of hydrogen-bond donors (Lipinski definition) is 3. The van der Waals surface area contributed by atoms with E-state index < -0.39 is 5.97 Å². The van der Waals surface area contributed by atoms with Gasteiger partial charge in [0, 0.05) is 23.4 Å². The van der Waals surface area contributed by atoms with E-state index in [1.165, 1.54) is 23.5 Å². The van der Waals surface area contributed by atoms with Crippen molar-refractivity contribution in [1.82, 2.24) is 10.6 Å². The van der Waals surface area contributed by atoms with E-state index in [1.54, 1.807) is 36.4 Å². The van der Waals surface area contributed by atoms with Crippen molar-refractivity contribution in [3.05, 3.63) is 64.8 Å². The molecule has 1 heterocycles. The Morgan fingerprint density at radius 1 is 0.941 bits per heavy atom. The molecule has 0 atom stereocenters. The van der Waals surface area contributed by atoms with Gasteiger partial charge in [0.2, 0.25) is 0 Å². The minimum atomic E-state index is -0.745. The SMILES string of the molecule is O=C(NCCNC(=O)c1cc2cc(F)ccc2s1)c1ccc(O[C@H]2CC[C@@H](C(=O)O)CC2)cc1. The number of aliphatic carboxylic acids is 1. The first-order chi connectivity index (χ1) is 16.4. The third-order valence-electron chi connectivity index (χ3n) is 5.84. The van der Waals surface area contributed by atoms with Gasteiger partial charge in [0.05, 0.1) is 16.9 Å². The van der Waals surface area contributed by atoms with Gasteiger partial charge in [-0.3, -0.25) is 14.4 Å². The number of halogens is 1. The molecule has 0 bridgehead atoms. The Labute approximate surface area is 199 Å². The molecule has 3 N–H and O–H groups in total. The lowest BCUT2D eigenvalue weighted by Gasteiger charge is -2.26. The van der Waals surface area contributed by atoms with Crippen LogP contribution >= 0.6 is 11.3 Å². The summed E-state index contributed by atoms with van der Waals surface area (Å²) in [5.74, 6) is -1.27. The first-order valence-corrected chi connectivity index (χ1v) is 12.0. The number of benzene rings is 2. The van der Waals surface area contributed by atoms with Gasteiger partial charge in [-0.2, -0.15) is 0 Å². The molecule has 0 radical (unpaired) electrons. The molecular weight excluding hydrogens is 459 g/mol. The van der Waals surface area contributed by atoms with Crippen molar-refractivity contribution < 1.29 is 28.6 Å². The average Bonchev–Trinajstić information content (AvgIpc) is 3.26. The van der Waals surface area contributed by atoms with Crippen LogP contribution in [0.3, 0.4) is 0 Å². The van der Waals surface area contributed by atoms with E-state index >= 15 is 0 Å². The molecule has 1 aliphatic carbocycles. The Balaban J connectivity index is 1.19. The van der Waals surface area contributed by atoms with Crippen LogP contribution in [-0.4, -0.2) is 42.1 Å². The van der Waals surface area contributed by atoms with Gasteiger partial charge in [-0.05, 0) is 79.6 Å². The highest BCUT2D eigenvalue weighted by atomic mass is 32.1. The number of nitrogens with one attached hydrogen (secondary N) is 2. The second-order valence-corrected chi connectivity index (χ2v) is 9.34. The fraction of sp³-hybridized carbons (Fsp3) is 0.320. The van der Waals surface area contributed by atoms with Crippen LogP contribution in [-0.2, 0) is 4.79 Å². The van der Waals surface area contributed by atoms with E-state index in [0.717, 1.165) is 4.70 Å². The molecule has 2 aromatic carbocycles. The molecule has 0 saturated heterocycles. The van der Waals surface area contributed by atoms with Crippen LogP contribution in [0.1, 0.15) is 45.7 Å². The van der Waals surface area contributed by atoms with Crippen LogP contribution in [0, 0.1) is 11.7 Å². The zero-order valence-electron chi connectivity index (χ0n) is 18.4. The molecule has 4 rings (SSSR count). The van der Waals surface area contributed by atoms with Gasteiger partial charge in [0.15, 0.2) is 0 Å². The van der Waals surface area contributed by atoms with E-state index in [2.05, 4.69) is 10.6 Å². The van der Waals surface area contributed by atoms with Crippen LogP contribution < -0.4 is 15.4 Å². The van der Waals surface area contributed by atoms with Crippen molar-refractivity contribution in [2.24, 2.45) is 5.92 Å². The standard InChI is InChI=1S/C25H25FN2O5S/c26-18-5-10-21-17(13-18)14-22(34-21)24(30)28-12-11-27-23(29)15-1-6-19(7-2-15)33-20-8-3-16(4-9-20)25(31)32/h1-2,5-7,10,13-14,16,20H,3-4,8-9,11-12H2,(H,27,29)(H,28,30)(H,31,32)/t16-,20+. The minimum Gasteiger partial charge on any atom is -0.490 e. The van der Waals surface area contributed by atoms with Crippen LogP contribution in [0.4, 0.5) is 4.39 Å². The molecule has 1 aromatic heterocycles. The van der Waals surface area contributed by atoms with E-state index in [0.29, 0.717) is 47.3 Å². The lowest BCUT2D eigenvalue weighted by atomic mass is 9.87. The topological polar surface area (TPSA) is 105 Å². The maximum atomic E-state index is 13.3. The summed E-state index contributed by atoms with van der Waals surface area (Å²) in [6.07, 6.45) is 2.60. The van der Waals surface area contributed by atoms with Crippen molar-refractivity contribution in [1.29, 1.82) is 0 Å². The van der Waals surface area contributed by atoms with Gasteiger partial charge in [-0.1, -0.05) is 0 Å². The zero-order chi connectivity index (χ0) is 24.1. The molecule has 9 heteroatoms. The van der Waals surface area contributed by atoms with E-state index in [9.17, 15) is 18.8 Å². The first kappa shape index (κ1) is 23.7. The van der Waals surface area contributed by atoms with Crippen LogP contribution in [0.5, 0.6) is 5.75 Å². The maximum Gasteiger partial charge on any atom is 0.306 e. The Bertz CT molecular complexity index is 1190. The zero-order valence-corrected chi connectivity index (χ0v) is 19.2. The van der Waals surface area contributed by atoms with Crippen LogP contribution in [0.25, 0.3) is 10.1 Å². The van der Waals surface area contributed by atoms with Crippen molar-refractivity contribution >= 4 is 39.2 Å². The highest BCUT2D eigenvalue weighted by molar-refractivity contribution is 7.20. The molecule has 1 aliphatic rings. The molecule has 1 saturated carbocycles. The highest BCUT2D eigenvalue weighted by Gasteiger charge is 2.26. The number of carbonyl (C=O) groups is 3. The van der Waals surface area contributed by atoms with Gasteiger partial charge < -0.3 is 20.5 Å². The normalized spacial score (nSPS) is 17.8. The number of carboxylic acids is 1. The summed E-state index contributed by atoms with van der Waals surface area (Å²) in [5.41, 5.74) is 0.472. The van der Waals surface area contributed by atoms with E-state index in [-0.39, 0.29) is 42.7 Å². The predicted octanol–water partition coefficient (Wildman–Crippen LogP) is 4.22. The third-order valence-corrected chi connectivity index (χ3v) is 6.96. The molecular formula is C25H25FN2O5S. The van der Waals surface area contributed by atoms with Crippen molar-refractivity contribution in [3.8, 4) is 5.75 Å². The number of hydrogen-bond acceptors (Lipinski definition) is 5. The number of fused-ring (bicyclic) bond motifs is 1. The van der Waals surface area contributed by atoms with Crippen LogP contribution in [0.2, 0.25) is 0 Å². The molecule has 1 fully saturated rings. The van der Waals surface area contributed by atoms with E-state index in [4.69, 9.17) is 9.84 Å². The summed E-state index contributed by atoms with van der Waals surface area (Å²) in [6.45, 7) is 0.516. The van der Waals surface area contributed by atoms with Crippen molar-refractivity contribution in [3.63, 3.8) is 0 Å². The molecule has 0 aliphatic heterocycles. The fourth-order valence-corrected chi connectivity index (χ4v) is 4.93. The molecule has 3 aromatic rings. The predicted molar refractivity (Wildman–Crippen MR) is 127 cm³/mol. The Morgan fingerprint density at radius 3 is 2.29 bits per heavy atom. The van der Waals surface area contributed by atoms with Gasteiger partial charge in [0.1, 0.15) is 11.6 Å². The molecule has 0 unspecified atom stereocenters. The molecule has 178 valence electrons. The molecule has 34 heavy (non-hydrogen) atoms. The molecule has 7 nitrogen and oxygen atoms in total. The largest absolute Gasteiger partial charge is 0.490 e. The monoisotopic (exact) mass is 484 g/mol. The number of ether oxygens (including phenoxy) is 1. The van der Waals surface area contributed by atoms with Gasteiger partial charge in [-0.15, -0.1) is 11.3 Å². The Morgan fingerprint density at radius 2 is 1.62 bits per heavy atom. The molecule has 2 amide bonds. The summed E-state index contributed by atoms with van der Waals surface area (Å²) < 4.78 is 20.1. The van der Waals surface area contributed by atoms with Crippen LogP contribution in [0.15, 0.2) is 48.5 Å². The second kappa shape index (κ2) is 10.6. The first-order valence-electron chi connectivity index (χ1n) is 11.1. The van der Waals surface area contributed by atoms with Gasteiger partial charge in [0.25, 0.3) is 11.8 Å². The smallest absolute Gasteiger partial charge is 0.306 e. The molecule has 0 spiro atoms. The lowest BCUT2D eigenvalue weighted by Crippen LogP contribution is -2.34. The average molecular weight is 485 g/mol. The summed E-state index contributed by atoms with van der Waals surface area (Å²) in [7, 11) is 0. The number of carboxylic acid groups (broad SMARTS) is 1. The lowest BCUT2D eigenvalue weighted by molar-refractivity contribution is -0.143. The van der Waals surface area contributed by atoms with Gasteiger partial charge >= 0.3 is 5.97 Å². The third kappa shape index (κ3) is 5.91. The number of carbonyl (C=O) groups excluding carboxylic acids is 2. The maximum absolute atomic E-state index is 13.3. The van der Waals surface area contributed by atoms with Crippen molar-refractivity contribution in [2.45, 2.75) is 31.8 Å². The highest BCUT2D eigenvalue weighted by Crippen LogP contribution is 2.28. The minimum absolute atomic E-state index is 0.0150. The number of amides is 2. The summed E-state index contributed by atoms with van der Waals surface area (Å²) in [5, 5.41) is 15.3. The van der Waals surface area contributed by atoms with Crippen molar-refractivity contribution in [2.75, 3.05) is 13.1 Å². The summed E-state index contributed by atoms with van der Waals surface area (Å²) in [4.78, 5) is 36.2. The Hall–Kier alpha value is -3.46. The van der Waals surface area contributed by atoms with Gasteiger partial charge in [-0.25, -0.2) is 4.39 Å². The fourth-order valence-electron chi connectivity index (χ4n) is 3.97. The quantitative estimate of drug-likeness (QED) is 0.415. The Kier molecular flexibility index (Phi) is 7.42.